The van der Waals surface area contributed by atoms with Gasteiger partial charge in [-0.1, -0.05) is 6.07 Å². The summed E-state index contributed by atoms with van der Waals surface area (Å²) in [6, 6.07) is 3.08. The Kier molecular flexibility index (Phi) is 3.13. The summed E-state index contributed by atoms with van der Waals surface area (Å²) in [5, 5.41) is 9.34. The monoisotopic (exact) mass is 170 g/mol. The number of aliphatic hydroxyl groups excluding tert-OH is 1. The predicted octanol–water partition coefficient (Wildman–Crippen LogP) is 0.603. The van der Waals surface area contributed by atoms with Gasteiger partial charge >= 0.3 is 0 Å². The Bertz CT molecular complexity index is 255. The van der Waals surface area contributed by atoms with Crippen LogP contribution in [0.1, 0.15) is 18.1 Å². The number of aliphatic hydroxyl groups is 1. The van der Waals surface area contributed by atoms with Gasteiger partial charge in [0.05, 0.1) is 6.10 Å². The number of rotatable bonds is 3. The van der Waals surface area contributed by atoms with E-state index in [-0.39, 0.29) is 5.56 Å². The minimum Gasteiger partial charge on any atom is -0.388 e. The van der Waals surface area contributed by atoms with Crippen molar-refractivity contribution in [3.05, 3.63) is 29.8 Å². The fourth-order valence-electron chi connectivity index (χ4n) is 0.960. The summed E-state index contributed by atoms with van der Waals surface area (Å²) in [5.74, 6) is -0.626. The van der Waals surface area contributed by atoms with Crippen LogP contribution in [0.4, 0.5) is 4.39 Å². The molecule has 0 aromatic carbocycles. The standard InChI is InChI=1S/C8H11FN2O/c9-8-6(2-1-5-11-8)7(12)3-4-10/h1-2,5,7,12H,3-4,10H2/t7-/m1/s1. The summed E-state index contributed by atoms with van der Waals surface area (Å²) >= 11 is 0. The van der Waals surface area contributed by atoms with Gasteiger partial charge in [0.15, 0.2) is 0 Å². The predicted molar refractivity (Wildman–Crippen MR) is 42.8 cm³/mol. The lowest BCUT2D eigenvalue weighted by Gasteiger charge is -2.08. The van der Waals surface area contributed by atoms with Gasteiger partial charge in [0, 0.05) is 11.8 Å². The van der Waals surface area contributed by atoms with Gasteiger partial charge < -0.3 is 10.8 Å². The molecule has 0 spiro atoms. The van der Waals surface area contributed by atoms with Gasteiger partial charge in [0.25, 0.3) is 0 Å². The lowest BCUT2D eigenvalue weighted by Crippen LogP contribution is -2.08. The van der Waals surface area contributed by atoms with Crippen molar-refractivity contribution in [2.24, 2.45) is 5.73 Å². The van der Waals surface area contributed by atoms with Crippen molar-refractivity contribution in [1.82, 2.24) is 4.98 Å². The molecule has 0 aliphatic rings. The maximum absolute atomic E-state index is 12.9. The number of pyridine rings is 1. The average molecular weight is 170 g/mol. The van der Waals surface area contributed by atoms with Gasteiger partial charge in [-0.2, -0.15) is 4.39 Å². The number of hydrogen-bond acceptors (Lipinski definition) is 3. The summed E-state index contributed by atoms with van der Waals surface area (Å²) in [6.45, 7) is 0.329. The molecule has 4 heteroatoms. The first-order valence-electron chi connectivity index (χ1n) is 3.74. The van der Waals surface area contributed by atoms with Crippen LogP contribution >= 0.6 is 0 Å². The van der Waals surface area contributed by atoms with E-state index in [4.69, 9.17) is 5.73 Å². The van der Waals surface area contributed by atoms with E-state index in [1.54, 1.807) is 6.07 Å². The maximum atomic E-state index is 12.9. The Morgan fingerprint density at radius 3 is 3.00 bits per heavy atom. The summed E-state index contributed by atoms with van der Waals surface area (Å²) in [6.07, 6.45) is 0.847. The van der Waals surface area contributed by atoms with E-state index in [0.29, 0.717) is 13.0 Å². The second kappa shape index (κ2) is 4.13. The summed E-state index contributed by atoms with van der Waals surface area (Å²) in [4.78, 5) is 3.41. The second-order valence-electron chi connectivity index (χ2n) is 2.48. The van der Waals surface area contributed by atoms with Crippen molar-refractivity contribution >= 4 is 0 Å². The van der Waals surface area contributed by atoms with E-state index in [1.165, 1.54) is 12.3 Å². The van der Waals surface area contributed by atoms with Crippen molar-refractivity contribution < 1.29 is 9.50 Å². The Hall–Kier alpha value is -1.00. The highest BCUT2D eigenvalue weighted by molar-refractivity contribution is 5.13. The Morgan fingerprint density at radius 1 is 1.67 bits per heavy atom. The number of nitrogens with two attached hydrogens (primary N) is 1. The molecule has 1 atom stereocenters. The van der Waals surface area contributed by atoms with Crippen molar-refractivity contribution in [1.29, 1.82) is 0 Å². The molecule has 3 nitrogen and oxygen atoms in total. The molecule has 0 bridgehead atoms. The molecule has 66 valence electrons. The molecule has 1 aromatic rings. The third-order valence-electron chi connectivity index (χ3n) is 1.59. The quantitative estimate of drug-likeness (QED) is 0.653. The molecule has 0 aliphatic heterocycles. The largest absolute Gasteiger partial charge is 0.388 e. The lowest BCUT2D eigenvalue weighted by atomic mass is 10.1. The highest BCUT2D eigenvalue weighted by Gasteiger charge is 2.11. The molecule has 12 heavy (non-hydrogen) atoms. The first-order valence-corrected chi connectivity index (χ1v) is 3.74. The second-order valence-corrected chi connectivity index (χ2v) is 2.48. The van der Waals surface area contributed by atoms with Crippen molar-refractivity contribution in [2.45, 2.75) is 12.5 Å². The van der Waals surface area contributed by atoms with Gasteiger partial charge in [0.1, 0.15) is 0 Å². The lowest BCUT2D eigenvalue weighted by molar-refractivity contribution is 0.164. The normalized spacial score (nSPS) is 12.9. The van der Waals surface area contributed by atoms with E-state index >= 15 is 0 Å². The van der Waals surface area contributed by atoms with E-state index < -0.39 is 12.1 Å². The summed E-state index contributed by atoms with van der Waals surface area (Å²) in [7, 11) is 0. The zero-order valence-electron chi connectivity index (χ0n) is 6.57. The smallest absolute Gasteiger partial charge is 0.218 e. The SMILES string of the molecule is NCC[C@@H](O)c1cccnc1F. The minimum atomic E-state index is -0.844. The maximum Gasteiger partial charge on any atom is 0.218 e. The van der Waals surface area contributed by atoms with E-state index in [1.807, 2.05) is 0 Å². The Labute approximate surface area is 70.0 Å². The molecule has 0 amide bonds. The van der Waals surface area contributed by atoms with Crippen molar-refractivity contribution in [2.75, 3.05) is 6.54 Å². The molecule has 3 N–H and O–H groups in total. The molecular weight excluding hydrogens is 159 g/mol. The fraction of sp³-hybridized carbons (Fsp3) is 0.375. The number of aromatic nitrogens is 1. The van der Waals surface area contributed by atoms with Crippen molar-refractivity contribution in [3.8, 4) is 0 Å². The zero-order valence-corrected chi connectivity index (χ0v) is 6.57. The van der Waals surface area contributed by atoms with Crippen LogP contribution in [0.3, 0.4) is 0 Å². The highest BCUT2D eigenvalue weighted by atomic mass is 19.1. The third kappa shape index (κ3) is 1.99. The van der Waals surface area contributed by atoms with Crippen molar-refractivity contribution in [3.63, 3.8) is 0 Å². The molecule has 1 aromatic heterocycles. The number of halogens is 1. The highest BCUT2D eigenvalue weighted by Crippen LogP contribution is 2.16. The first-order chi connectivity index (χ1) is 5.75. The molecular formula is C8H11FN2O. The average Bonchev–Trinajstić information content (AvgIpc) is 2.05. The van der Waals surface area contributed by atoms with Crippen LogP contribution in [0.2, 0.25) is 0 Å². The molecule has 0 saturated carbocycles. The number of hydrogen-bond donors (Lipinski definition) is 2. The van der Waals surface area contributed by atoms with E-state index in [9.17, 15) is 9.50 Å². The topological polar surface area (TPSA) is 59.1 Å². The first kappa shape index (κ1) is 9.09. The Balaban J connectivity index is 2.79. The molecule has 0 unspecified atom stereocenters. The van der Waals surface area contributed by atoms with E-state index in [0.717, 1.165) is 0 Å². The van der Waals surface area contributed by atoms with Gasteiger partial charge in [-0.15, -0.1) is 0 Å². The van der Waals surface area contributed by atoms with Crippen LogP contribution in [-0.2, 0) is 0 Å². The third-order valence-corrected chi connectivity index (χ3v) is 1.59. The van der Waals surface area contributed by atoms with Gasteiger partial charge in [-0.25, -0.2) is 4.98 Å². The molecule has 0 fully saturated rings. The van der Waals surface area contributed by atoms with Crippen LogP contribution in [-0.4, -0.2) is 16.6 Å². The van der Waals surface area contributed by atoms with Gasteiger partial charge in [-0.3, -0.25) is 0 Å². The molecule has 0 aliphatic carbocycles. The summed E-state index contributed by atoms with van der Waals surface area (Å²) < 4.78 is 12.9. The molecule has 0 saturated heterocycles. The van der Waals surface area contributed by atoms with E-state index in [2.05, 4.69) is 4.98 Å². The number of nitrogens with zero attached hydrogens (tertiary/aromatic N) is 1. The molecule has 1 heterocycles. The minimum absolute atomic E-state index is 0.211. The van der Waals surface area contributed by atoms with Crippen LogP contribution < -0.4 is 5.73 Å². The van der Waals surface area contributed by atoms with Crippen LogP contribution in [0, 0.1) is 5.95 Å². The Morgan fingerprint density at radius 2 is 2.42 bits per heavy atom. The van der Waals surface area contributed by atoms with Crippen LogP contribution in [0.25, 0.3) is 0 Å². The van der Waals surface area contributed by atoms with Gasteiger partial charge in [0.2, 0.25) is 5.95 Å². The molecule has 0 radical (unpaired) electrons. The van der Waals surface area contributed by atoms with Gasteiger partial charge in [-0.05, 0) is 19.0 Å². The van der Waals surface area contributed by atoms with Crippen LogP contribution in [0.5, 0.6) is 0 Å². The van der Waals surface area contributed by atoms with Crippen LogP contribution in [0.15, 0.2) is 18.3 Å². The molecule has 1 rings (SSSR count). The summed E-state index contributed by atoms with van der Waals surface area (Å²) in [5.41, 5.74) is 5.43. The zero-order chi connectivity index (χ0) is 8.97. The fourth-order valence-corrected chi connectivity index (χ4v) is 0.960.